The maximum Gasteiger partial charge on any atom is 0.293 e. The number of thioether (sulfide) groups is 1. The molecule has 0 aromatic heterocycles. The summed E-state index contributed by atoms with van der Waals surface area (Å²) in [7, 11) is 0. The summed E-state index contributed by atoms with van der Waals surface area (Å²) < 4.78 is 6.49. The molecule has 0 radical (unpaired) electrons. The third-order valence-corrected chi connectivity index (χ3v) is 5.39. The third kappa shape index (κ3) is 4.37. The van der Waals surface area contributed by atoms with Gasteiger partial charge in [-0.25, -0.2) is 0 Å². The van der Waals surface area contributed by atoms with Gasteiger partial charge in [-0.1, -0.05) is 46.3 Å². The van der Waals surface area contributed by atoms with Crippen LogP contribution in [0.25, 0.3) is 6.08 Å². The molecule has 1 saturated heterocycles. The third-order valence-electron chi connectivity index (χ3n) is 3.71. The molecule has 134 valence electrons. The maximum absolute atomic E-state index is 12.6. The molecule has 0 saturated carbocycles. The van der Waals surface area contributed by atoms with Crippen molar-refractivity contribution in [1.82, 2.24) is 4.90 Å². The highest BCUT2D eigenvalue weighted by atomic mass is 79.9. The van der Waals surface area contributed by atoms with E-state index in [0.29, 0.717) is 4.91 Å². The number of imide groups is 1. The van der Waals surface area contributed by atoms with Gasteiger partial charge < -0.3 is 4.74 Å². The van der Waals surface area contributed by atoms with Gasteiger partial charge in [-0.05, 0) is 61.0 Å². The number of rotatable bonds is 5. The average molecular weight is 432 g/mol. The van der Waals surface area contributed by atoms with Crippen molar-refractivity contribution in [3.8, 4) is 5.75 Å². The summed E-state index contributed by atoms with van der Waals surface area (Å²) in [6.45, 7) is 4.19. The van der Waals surface area contributed by atoms with Crippen molar-refractivity contribution in [2.24, 2.45) is 0 Å². The topological polar surface area (TPSA) is 46.6 Å². The molecule has 0 aliphatic carbocycles. The fourth-order valence-electron chi connectivity index (χ4n) is 2.50. The lowest BCUT2D eigenvalue weighted by Crippen LogP contribution is -2.27. The van der Waals surface area contributed by atoms with Crippen LogP contribution in [0, 0.1) is 0 Å². The minimum absolute atomic E-state index is 0.106. The summed E-state index contributed by atoms with van der Waals surface area (Å²) in [6.07, 6.45) is 1.85. The SMILES string of the molecule is CC(C)Oc1ccc(/C=C2\SC(=O)N(Cc3ccccc3Br)C2=O)cc1. The van der Waals surface area contributed by atoms with Gasteiger partial charge >= 0.3 is 0 Å². The molecule has 0 spiro atoms. The first-order valence-corrected chi connectivity index (χ1v) is 9.80. The van der Waals surface area contributed by atoms with E-state index in [4.69, 9.17) is 4.74 Å². The summed E-state index contributed by atoms with van der Waals surface area (Å²) in [6, 6.07) is 15.0. The summed E-state index contributed by atoms with van der Waals surface area (Å²) in [5, 5.41) is -0.253. The van der Waals surface area contributed by atoms with Crippen LogP contribution >= 0.6 is 27.7 Å². The Labute approximate surface area is 165 Å². The lowest BCUT2D eigenvalue weighted by Gasteiger charge is -2.13. The molecule has 3 rings (SSSR count). The Morgan fingerprint density at radius 2 is 1.81 bits per heavy atom. The Hall–Kier alpha value is -2.05. The molecule has 0 unspecified atom stereocenters. The van der Waals surface area contributed by atoms with Crippen molar-refractivity contribution in [2.45, 2.75) is 26.5 Å². The minimum Gasteiger partial charge on any atom is -0.491 e. The van der Waals surface area contributed by atoms with Crippen molar-refractivity contribution >= 4 is 44.9 Å². The van der Waals surface area contributed by atoms with E-state index >= 15 is 0 Å². The largest absolute Gasteiger partial charge is 0.491 e. The second-order valence-corrected chi connectivity index (χ2v) is 7.94. The van der Waals surface area contributed by atoms with Gasteiger partial charge in [0.05, 0.1) is 17.6 Å². The van der Waals surface area contributed by atoms with Crippen LogP contribution in [-0.2, 0) is 11.3 Å². The van der Waals surface area contributed by atoms with E-state index in [2.05, 4.69) is 15.9 Å². The molecule has 1 aliphatic rings. The molecule has 2 aromatic rings. The monoisotopic (exact) mass is 431 g/mol. The second-order valence-electron chi connectivity index (χ2n) is 6.09. The molecule has 26 heavy (non-hydrogen) atoms. The van der Waals surface area contributed by atoms with Crippen molar-refractivity contribution in [2.75, 3.05) is 0 Å². The molecule has 2 aromatic carbocycles. The van der Waals surface area contributed by atoms with Crippen LogP contribution < -0.4 is 4.74 Å². The van der Waals surface area contributed by atoms with Gasteiger partial charge in [-0.15, -0.1) is 0 Å². The van der Waals surface area contributed by atoms with Crippen molar-refractivity contribution in [3.63, 3.8) is 0 Å². The molecule has 1 aliphatic heterocycles. The van der Waals surface area contributed by atoms with E-state index in [1.54, 1.807) is 6.08 Å². The number of carbonyl (C=O) groups excluding carboxylic acids is 2. The molecular weight excluding hydrogens is 414 g/mol. The number of amides is 2. The number of halogens is 1. The molecule has 0 bridgehead atoms. The number of carbonyl (C=O) groups is 2. The predicted molar refractivity (Wildman–Crippen MR) is 108 cm³/mol. The van der Waals surface area contributed by atoms with Gasteiger partial charge in [0, 0.05) is 4.47 Å². The smallest absolute Gasteiger partial charge is 0.293 e. The molecule has 6 heteroatoms. The van der Waals surface area contributed by atoms with Crippen LogP contribution in [0.2, 0.25) is 0 Å². The lowest BCUT2D eigenvalue weighted by atomic mass is 10.2. The highest BCUT2D eigenvalue weighted by molar-refractivity contribution is 9.10. The first kappa shape index (κ1) is 18.7. The molecule has 1 fully saturated rings. The lowest BCUT2D eigenvalue weighted by molar-refractivity contribution is -0.123. The quantitative estimate of drug-likeness (QED) is 0.588. The van der Waals surface area contributed by atoms with E-state index < -0.39 is 0 Å². The molecule has 0 N–H and O–H groups in total. The van der Waals surface area contributed by atoms with Crippen LogP contribution in [0.5, 0.6) is 5.75 Å². The zero-order chi connectivity index (χ0) is 18.7. The van der Waals surface area contributed by atoms with Gasteiger partial charge in [0.15, 0.2) is 0 Å². The summed E-state index contributed by atoms with van der Waals surface area (Å²) in [5.74, 6) is 0.512. The second kappa shape index (κ2) is 8.10. The van der Waals surface area contributed by atoms with Crippen LogP contribution in [0.1, 0.15) is 25.0 Å². The van der Waals surface area contributed by atoms with E-state index in [1.807, 2.05) is 62.4 Å². The number of hydrogen-bond donors (Lipinski definition) is 0. The van der Waals surface area contributed by atoms with Crippen molar-refractivity contribution in [3.05, 3.63) is 69.0 Å². The van der Waals surface area contributed by atoms with Gasteiger partial charge in [0.1, 0.15) is 5.75 Å². The number of benzene rings is 2. The molecule has 2 amide bonds. The van der Waals surface area contributed by atoms with Gasteiger partial charge in [0.2, 0.25) is 0 Å². The first-order valence-electron chi connectivity index (χ1n) is 8.19. The number of nitrogens with zero attached hydrogens (tertiary/aromatic N) is 1. The van der Waals surface area contributed by atoms with Gasteiger partial charge in [0.25, 0.3) is 11.1 Å². The van der Waals surface area contributed by atoms with E-state index in [0.717, 1.165) is 33.1 Å². The summed E-state index contributed by atoms with van der Waals surface area (Å²) in [4.78, 5) is 26.6. The Bertz CT molecular complexity index is 862. The fraction of sp³-hybridized carbons (Fsp3) is 0.200. The summed E-state index contributed by atoms with van der Waals surface area (Å²) >= 11 is 4.42. The highest BCUT2D eigenvalue weighted by Crippen LogP contribution is 2.34. The van der Waals surface area contributed by atoms with Gasteiger partial charge in [-0.2, -0.15) is 0 Å². The highest BCUT2D eigenvalue weighted by Gasteiger charge is 2.35. The van der Waals surface area contributed by atoms with E-state index in [-0.39, 0.29) is 23.8 Å². The number of ether oxygens (including phenoxy) is 1. The molecular formula is C20H18BrNO3S. The summed E-state index contributed by atoms with van der Waals surface area (Å²) in [5.41, 5.74) is 1.75. The van der Waals surface area contributed by atoms with Crippen molar-refractivity contribution in [1.29, 1.82) is 0 Å². The normalized spacial score (nSPS) is 16.0. The van der Waals surface area contributed by atoms with Crippen molar-refractivity contribution < 1.29 is 14.3 Å². The fourth-order valence-corrected chi connectivity index (χ4v) is 3.75. The van der Waals surface area contributed by atoms with Crippen LogP contribution in [0.3, 0.4) is 0 Å². The standard InChI is InChI=1S/C20H18BrNO3S/c1-13(2)25-16-9-7-14(8-10-16)11-18-19(23)22(20(24)26-18)12-15-5-3-4-6-17(15)21/h3-11,13H,12H2,1-2H3/b18-11-. The molecule has 0 atom stereocenters. The van der Waals surface area contributed by atoms with E-state index in [9.17, 15) is 9.59 Å². The van der Waals surface area contributed by atoms with Gasteiger partial charge in [-0.3, -0.25) is 14.5 Å². The van der Waals surface area contributed by atoms with Crippen LogP contribution in [0.4, 0.5) is 4.79 Å². The Balaban J connectivity index is 1.75. The Morgan fingerprint density at radius 1 is 1.12 bits per heavy atom. The van der Waals surface area contributed by atoms with E-state index in [1.165, 1.54) is 4.90 Å². The zero-order valence-corrected chi connectivity index (χ0v) is 16.8. The Kier molecular flexibility index (Phi) is 5.84. The van der Waals surface area contributed by atoms with Crippen LogP contribution in [0.15, 0.2) is 57.9 Å². The van der Waals surface area contributed by atoms with Crippen LogP contribution in [-0.4, -0.2) is 22.2 Å². The molecule has 4 nitrogen and oxygen atoms in total. The average Bonchev–Trinajstić information content (AvgIpc) is 2.85. The Morgan fingerprint density at radius 3 is 2.46 bits per heavy atom. The predicted octanol–water partition coefficient (Wildman–Crippen LogP) is 5.47. The minimum atomic E-state index is -0.265. The first-order chi connectivity index (χ1) is 12.4. The number of hydrogen-bond acceptors (Lipinski definition) is 4. The molecule has 1 heterocycles. The zero-order valence-electron chi connectivity index (χ0n) is 14.4. The maximum atomic E-state index is 12.6.